The molecular weight excluding hydrogens is 255 g/mol. The van der Waals surface area contributed by atoms with Crippen LogP contribution >= 0.6 is 11.3 Å². The molecule has 0 aliphatic carbocycles. The van der Waals surface area contributed by atoms with Crippen LogP contribution in [0.25, 0.3) is 0 Å². The van der Waals surface area contributed by atoms with Crippen molar-refractivity contribution in [2.24, 2.45) is 0 Å². The normalized spacial score (nSPS) is 14.0. The van der Waals surface area contributed by atoms with E-state index in [0.717, 1.165) is 16.7 Å². The van der Waals surface area contributed by atoms with Crippen LogP contribution < -0.4 is 0 Å². The van der Waals surface area contributed by atoms with E-state index < -0.39 is 23.8 Å². The van der Waals surface area contributed by atoms with Crippen molar-refractivity contribution < 1.29 is 23.1 Å². The summed E-state index contributed by atoms with van der Waals surface area (Å²) in [5.74, 6) is -1.06. The summed E-state index contributed by atoms with van der Waals surface area (Å²) in [6.45, 7) is 1.40. The molecule has 17 heavy (non-hydrogen) atoms. The van der Waals surface area contributed by atoms with Crippen molar-refractivity contribution in [1.82, 2.24) is 4.90 Å². The van der Waals surface area contributed by atoms with Gasteiger partial charge < -0.3 is 5.11 Å². The molecule has 1 unspecified atom stereocenters. The Balaban J connectivity index is 2.83. The number of nitrogens with zero attached hydrogens (tertiary/aromatic N) is 1. The van der Waals surface area contributed by atoms with Crippen molar-refractivity contribution >= 4 is 17.3 Å². The van der Waals surface area contributed by atoms with E-state index in [0.29, 0.717) is 0 Å². The molecule has 3 nitrogen and oxygen atoms in total. The Morgan fingerprint density at radius 3 is 2.59 bits per heavy atom. The molecule has 0 bridgehead atoms. The number of carboxylic acids is 1. The Labute approximate surface area is 100 Å². The molecule has 1 aromatic rings. The monoisotopic (exact) mass is 267 g/mol. The molecule has 1 atom stereocenters. The molecule has 1 N–H and O–H groups in total. The number of rotatable bonds is 4. The number of hydrogen-bond acceptors (Lipinski definition) is 3. The number of hydrogen-bond donors (Lipinski definition) is 1. The zero-order chi connectivity index (χ0) is 13.2. The molecule has 1 heterocycles. The van der Waals surface area contributed by atoms with Gasteiger partial charge in [0, 0.05) is 11.9 Å². The Morgan fingerprint density at radius 2 is 2.12 bits per heavy atom. The van der Waals surface area contributed by atoms with Gasteiger partial charge in [0.2, 0.25) is 0 Å². The fourth-order valence-corrected chi connectivity index (χ4v) is 2.14. The van der Waals surface area contributed by atoms with Crippen molar-refractivity contribution in [1.29, 1.82) is 0 Å². The molecule has 1 rings (SSSR count). The number of thiophene rings is 1. The zero-order valence-corrected chi connectivity index (χ0v) is 10.1. The highest BCUT2D eigenvalue weighted by Crippen LogP contribution is 2.34. The first-order valence-corrected chi connectivity index (χ1v) is 5.73. The van der Waals surface area contributed by atoms with E-state index >= 15 is 0 Å². The standard InChI is InChI=1S/C10H12F3NO2S/c1-6(9(15)16)14(2)3-7-4-17-5-8(7)10(11,12)13/h4-6H,3H2,1-2H3,(H,15,16). The van der Waals surface area contributed by atoms with Crippen molar-refractivity contribution in [3.8, 4) is 0 Å². The van der Waals surface area contributed by atoms with E-state index in [1.165, 1.54) is 24.3 Å². The predicted molar refractivity (Wildman–Crippen MR) is 57.9 cm³/mol. The number of aliphatic carboxylic acids is 1. The number of halogens is 3. The molecule has 0 amide bonds. The second-order valence-corrected chi connectivity index (χ2v) is 4.48. The molecular formula is C10H12F3NO2S. The number of carbonyl (C=O) groups is 1. The van der Waals surface area contributed by atoms with Crippen LogP contribution in [0.5, 0.6) is 0 Å². The van der Waals surface area contributed by atoms with Gasteiger partial charge in [-0.25, -0.2) is 0 Å². The van der Waals surface area contributed by atoms with Crippen LogP contribution in [-0.4, -0.2) is 29.1 Å². The molecule has 7 heteroatoms. The Morgan fingerprint density at radius 1 is 1.53 bits per heavy atom. The van der Waals surface area contributed by atoms with Crippen LogP contribution in [-0.2, 0) is 17.5 Å². The summed E-state index contributed by atoms with van der Waals surface area (Å²) in [6, 6.07) is -0.823. The first-order chi connectivity index (χ1) is 7.73. The minimum Gasteiger partial charge on any atom is -0.480 e. The van der Waals surface area contributed by atoms with Gasteiger partial charge in [0.15, 0.2) is 0 Å². The van der Waals surface area contributed by atoms with E-state index in [9.17, 15) is 18.0 Å². The molecule has 0 saturated heterocycles. The van der Waals surface area contributed by atoms with Crippen LogP contribution in [0.1, 0.15) is 18.1 Å². The van der Waals surface area contributed by atoms with Gasteiger partial charge in [0.1, 0.15) is 6.04 Å². The molecule has 96 valence electrons. The zero-order valence-electron chi connectivity index (χ0n) is 9.28. The van der Waals surface area contributed by atoms with Crippen LogP contribution in [0.4, 0.5) is 13.2 Å². The van der Waals surface area contributed by atoms with E-state index in [4.69, 9.17) is 5.11 Å². The van der Waals surface area contributed by atoms with Crippen LogP contribution in [0, 0.1) is 0 Å². The third-order valence-corrected chi connectivity index (χ3v) is 3.28. The predicted octanol–water partition coefficient (Wildman–Crippen LogP) is 2.67. The highest BCUT2D eigenvalue weighted by Gasteiger charge is 2.34. The summed E-state index contributed by atoms with van der Waals surface area (Å²) >= 11 is 0.961. The van der Waals surface area contributed by atoms with Crippen molar-refractivity contribution in [2.75, 3.05) is 7.05 Å². The number of likely N-dealkylation sites (N-methyl/N-ethyl adjacent to an activating group) is 1. The Kier molecular flexibility index (Phi) is 4.16. The molecule has 0 aliphatic rings. The molecule has 0 fully saturated rings. The van der Waals surface area contributed by atoms with E-state index in [1.807, 2.05) is 0 Å². The van der Waals surface area contributed by atoms with Gasteiger partial charge in [-0.05, 0) is 24.9 Å². The molecule has 0 aliphatic heterocycles. The lowest BCUT2D eigenvalue weighted by molar-refractivity contribution is -0.142. The summed E-state index contributed by atoms with van der Waals surface area (Å²) in [6.07, 6.45) is -4.39. The SMILES string of the molecule is CC(C(=O)O)N(C)Cc1cscc1C(F)(F)F. The lowest BCUT2D eigenvalue weighted by Crippen LogP contribution is -2.35. The summed E-state index contributed by atoms with van der Waals surface area (Å²) in [5, 5.41) is 11.2. The highest BCUT2D eigenvalue weighted by molar-refractivity contribution is 7.08. The topological polar surface area (TPSA) is 40.5 Å². The third-order valence-electron chi connectivity index (χ3n) is 2.49. The van der Waals surface area contributed by atoms with E-state index in [2.05, 4.69) is 0 Å². The fourth-order valence-electron chi connectivity index (χ4n) is 1.29. The number of alkyl halides is 3. The summed E-state index contributed by atoms with van der Waals surface area (Å²) in [5.41, 5.74) is -0.579. The van der Waals surface area contributed by atoms with Gasteiger partial charge in [-0.3, -0.25) is 9.69 Å². The van der Waals surface area contributed by atoms with Crippen molar-refractivity contribution in [2.45, 2.75) is 25.7 Å². The van der Waals surface area contributed by atoms with Crippen molar-refractivity contribution in [3.63, 3.8) is 0 Å². The summed E-state index contributed by atoms with van der Waals surface area (Å²) in [7, 11) is 1.48. The molecule has 0 spiro atoms. The average molecular weight is 267 g/mol. The van der Waals surface area contributed by atoms with E-state index in [1.54, 1.807) is 0 Å². The van der Waals surface area contributed by atoms with Gasteiger partial charge in [0.05, 0.1) is 5.56 Å². The summed E-state index contributed by atoms with van der Waals surface area (Å²) in [4.78, 5) is 12.1. The van der Waals surface area contributed by atoms with Gasteiger partial charge in [-0.2, -0.15) is 24.5 Å². The highest BCUT2D eigenvalue weighted by atomic mass is 32.1. The Hall–Kier alpha value is -1.08. The van der Waals surface area contributed by atoms with Crippen LogP contribution in [0.15, 0.2) is 10.8 Å². The maximum absolute atomic E-state index is 12.6. The minimum absolute atomic E-state index is 0.0359. The van der Waals surface area contributed by atoms with E-state index in [-0.39, 0.29) is 12.1 Å². The second-order valence-electron chi connectivity index (χ2n) is 3.74. The van der Waals surface area contributed by atoms with Gasteiger partial charge in [-0.15, -0.1) is 0 Å². The minimum atomic E-state index is -4.39. The van der Waals surface area contributed by atoms with Crippen LogP contribution in [0.3, 0.4) is 0 Å². The van der Waals surface area contributed by atoms with Crippen molar-refractivity contribution in [3.05, 3.63) is 21.9 Å². The maximum Gasteiger partial charge on any atom is 0.417 e. The maximum atomic E-state index is 12.6. The Bertz CT molecular complexity index is 403. The second kappa shape index (κ2) is 5.05. The lowest BCUT2D eigenvalue weighted by Gasteiger charge is -2.21. The fraction of sp³-hybridized carbons (Fsp3) is 0.500. The van der Waals surface area contributed by atoms with Gasteiger partial charge in [0.25, 0.3) is 0 Å². The van der Waals surface area contributed by atoms with Crippen LogP contribution in [0.2, 0.25) is 0 Å². The van der Waals surface area contributed by atoms with Gasteiger partial charge in [-0.1, -0.05) is 0 Å². The third kappa shape index (κ3) is 3.44. The first-order valence-electron chi connectivity index (χ1n) is 4.78. The summed E-state index contributed by atoms with van der Waals surface area (Å²) < 4.78 is 37.7. The first kappa shape index (κ1) is 14.0. The molecule has 1 aromatic heterocycles. The smallest absolute Gasteiger partial charge is 0.417 e. The molecule has 0 radical (unpaired) electrons. The molecule has 0 saturated carbocycles. The number of carboxylic acid groups (broad SMARTS) is 1. The quantitative estimate of drug-likeness (QED) is 0.911. The van der Waals surface area contributed by atoms with Gasteiger partial charge >= 0.3 is 12.1 Å². The largest absolute Gasteiger partial charge is 0.480 e. The lowest BCUT2D eigenvalue weighted by atomic mass is 10.1. The average Bonchev–Trinajstić information content (AvgIpc) is 2.63. The molecule has 0 aromatic carbocycles.